The van der Waals surface area contributed by atoms with Crippen molar-refractivity contribution >= 4 is 41.1 Å². The van der Waals surface area contributed by atoms with Crippen LogP contribution in [0.1, 0.15) is 0 Å². The third-order valence-corrected chi connectivity index (χ3v) is 3.47. The highest BCUT2D eigenvalue weighted by molar-refractivity contribution is 9.11. The summed E-state index contributed by atoms with van der Waals surface area (Å²) in [6, 6.07) is 0. The molecule has 1 aliphatic carbocycles. The van der Waals surface area contributed by atoms with Crippen molar-refractivity contribution in [3.8, 4) is 0 Å². The number of allylic oxidation sites excluding steroid dienone is 4. The average Bonchev–Trinajstić information content (AvgIpc) is 2.47. The number of halogens is 2. The molecule has 1 aliphatic heterocycles. The van der Waals surface area contributed by atoms with E-state index in [0.717, 1.165) is 0 Å². The van der Waals surface area contributed by atoms with Gasteiger partial charge in [0.1, 0.15) is 4.83 Å². The van der Waals surface area contributed by atoms with Crippen molar-refractivity contribution in [1.82, 2.24) is 0 Å². The Morgan fingerprint density at radius 2 is 2.12 bits per heavy atom. The molecule has 0 aromatic rings. The molecule has 8 heteroatoms. The van der Waals surface area contributed by atoms with E-state index in [-0.39, 0.29) is 5.76 Å². The molecular formula is C8H5BrClNO4P. The van der Waals surface area contributed by atoms with Crippen molar-refractivity contribution < 1.29 is 18.9 Å². The van der Waals surface area contributed by atoms with E-state index in [1.54, 1.807) is 12.2 Å². The molecular weight excluding hydrogens is 320 g/mol. The van der Waals surface area contributed by atoms with Crippen LogP contribution in [-0.2, 0) is 9.09 Å². The summed E-state index contributed by atoms with van der Waals surface area (Å²) in [5.41, 5.74) is 0.997. The maximum atomic E-state index is 10.7. The van der Waals surface area contributed by atoms with Crippen molar-refractivity contribution in [3.05, 3.63) is 39.5 Å². The summed E-state index contributed by atoms with van der Waals surface area (Å²) in [4.78, 5) is 21.9. The zero-order valence-corrected chi connectivity index (χ0v) is 10.8. The minimum atomic E-state index is -4.57. The first-order chi connectivity index (χ1) is 7.37. The van der Waals surface area contributed by atoms with Gasteiger partial charge in [0, 0.05) is 10.6 Å². The third-order valence-electron chi connectivity index (χ3n) is 1.84. The van der Waals surface area contributed by atoms with E-state index in [4.69, 9.17) is 21.4 Å². The Bertz CT molecular complexity index is 504. The Morgan fingerprint density at radius 1 is 1.44 bits per heavy atom. The Kier molecular flexibility index (Phi) is 3.11. The molecule has 0 amide bonds. The van der Waals surface area contributed by atoms with Crippen molar-refractivity contribution in [2.45, 2.75) is 0 Å². The second-order valence-electron chi connectivity index (χ2n) is 2.99. The van der Waals surface area contributed by atoms with Gasteiger partial charge in [0.15, 0.2) is 5.76 Å². The number of phosphoric ester groups is 1. The van der Waals surface area contributed by atoms with Crippen LogP contribution in [0.4, 0.5) is 0 Å². The second-order valence-corrected chi connectivity index (χ2v) is 5.41. The predicted molar refractivity (Wildman–Crippen MR) is 62.8 cm³/mol. The van der Waals surface area contributed by atoms with Gasteiger partial charge in [-0.25, -0.2) is 4.57 Å². The molecule has 2 rings (SSSR count). The van der Waals surface area contributed by atoms with Gasteiger partial charge in [-0.05, 0) is 12.2 Å². The zero-order valence-electron chi connectivity index (χ0n) is 7.59. The van der Waals surface area contributed by atoms with Crippen molar-refractivity contribution in [2.75, 3.05) is 0 Å². The molecule has 0 spiro atoms. The van der Waals surface area contributed by atoms with Crippen LogP contribution in [0.2, 0.25) is 0 Å². The van der Waals surface area contributed by atoms with Crippen LogP contribution in [0.5, 0.6) is 0 Å². The van der Waals surface area contributed by atoms with Crippen LogP contribution in [0, 0.1) is 4.83 Å². The fourth-order valence-corrected chi connectivity index (χ4v) is 2.14. The first-order valence-corrected chi connectivity index (χ1v) is 6.72. The van der Waals surface area contributed by atoms with Crippen LogP contribution < -0.4 is 0 Å². The van der Waals surface area contributed by atoms with E-state index in [9.17, 15) is 4.57 Å². The third kappa shape index (κ3) is 2.47. The van der Waals surface area contributed by atoms with Crippen LogP contribution in [0.25, 0.3) is 0 Å². The molecule has 0 aromatic carbocycles. The summed E-state index contributed by atoms with van der Waals surface area (Å²) in [7, 11) is -4.57. The minimum absolute atomic E-state index is 0.0284. The molecule has 2 N–H and O–H groups in total. The fourth-order valence-electron chi connectivity index (χ4n) is 1.24. The smallest absolute Gasteiger partial charge is 0.402 e. The van der Waals surface area contributed by atoms with E-state index in [1.807, 2.05) is 0 Å². The van der Waals surface area contributed by atoms with E-state index >= 15 is 0 Å². The Morgan fingerprint density at radius 3 is 2.75 bits per heavy atom. The number of hydrogen-bond acceptors (Lipinski definition) is 3. The molecule has 1 heterocycles. The van der Waals surface area contributed by atoms with Crippen molar-refractivity contribution in [3.63, 3.8) is 0 Å². The lowest BCUT2D eigenvalue weighted by atomic mass is 10.0. The lowest BCUT2D eigenvalue weighted by molar-refractivity contribution is 0.247. The molecule has 16 heavy (non-hydrogen) atoms. The van der Waals surface area contributed by atoms with Gasteiger partial charge in [-0.2, -0.15) is 0 Å². The number of rotatable bonds is 2. The van der Waals surface area contributed by atoms with E-state index in [1.165, 1.54) is 6.20 Å². The number of hydrogen-bond donors (Lipinski definition) is 2. The average molecular weight is 325 g/mol. The quantitative estimate of drug-likeness (QED) is 0.764. The van der Waals surface area contributed by atoms with E-state index < -0.39 is 7.82 Å². The van der Waals surface area contributed by atoms with E-state index in [0.29, 0.717) is 21.1 Å². The standard InChI is InChI=1S/C8H5BrClNO4P/c9-5-1-4-7(2-6(5)10)11-3-8(4)15-16(12,13)14/h1-3H,(H2,12,13,14). The van der Waals surface area contributed by atoms with Crippen LogP contribution >= 0.6 is 35.4 Å². The van der Waals surface area contributed by atoms with Gasteiger partial charge < -0.3 is 4.52 Å². The molecule has 0 saturated carbocycles. The van der Waals surface area contributed by atoms with Gasteiger partial charge in [0.25, 0.3) is 0 Å². The summed E-state index contributed by atoms with van der Waals surface area (Å²) in [5, 5.41) is 0.466. The zero-order chi connectivity index (χ0) is 11.9. The normalized spacial score (nSPS) is 20.8. The lowest BCUT2D eigenvalue weighted by Gasteiger charge is -2.15. The van der Waals surface area contributed by atoms with Gasteiger partial charge in [0.05, 0.1) is 11.9 Å². The number of aliphatic imine (C=N–C) groups is 1. The highest BCUT2D eigenvalue weighted by Gasteiger charge is 2.29. The molecule has 0 unspecified atom stereocenters. The summed E-state index contributed by atoms with van der Waals surface area (Å²) in [6.45, 7) is 0. The Hall–Kier alpha value is -0.390. The maximum Gasteiger partial charge on any atom is 0.524 e. The first kappa shape index (κ1) is 12.1. The summed E-state index contributed by atoms with van der Waals surface area (Å²) in [5.74, 6) is 0.0284. The monoisotopic (exact) mass is 324 g/mol. The van der Waals surface area contributed by atoms with Gasteiger partial charge in [-0.3, -0.25) is 14.8 Å². The molecule has 0 bridgehead atoms. The minimum Gasteiger partial charge on any atom is -0.402 e. The maximum absolute atomic E-state index is 10.7. The molecule has 0 fully saturated rings. The van der Waals surface area contributed by atoms with Gasteiger partial charge in [-0.15, -0.1) is 0 Å². The van der Waals surface area contributed by atoms with Crippen molar-refractivity contribution in [1.29, 1.82) is 0 Å². The number of fused-ring (bicyclic) bond motifs is 1. The topological polar surface area (TPSA) is 79.1 Å². The SMILES string of the molecule is O=P(O)(O)OC1=CN=C2C=C(Cl)[C](Br)C=C12. The summed E-state index contributed by atoms with van der Waals surface area (Å²) < 4.78 is 15.2. The van der Waals surface area contributed by atoms with Crippen LogP contribution in [0.15, 0.2) is 39.7 Å². The number of nitrogens with zero attached hydrogens (tertiary/aromatic N) is 1. The largest absolute Gasteiger partial charge is 0.524 e. The highest BCUT2D eigenvalue weighted by atomic mass is 79.9. The second kappa shape index (κ2) is 4.13. The molecule has 0 atom stereocenters. The summed E-state index contributed by atoms with van der Waals surface area (Å²) >= 11 is 9.05. The lowest BCUT2D eigenvalue weighted by Crippen LogP contribution is -2.07. The van der Waals surface area contributed by atoms with E-state index in [2.05, 4.69) is 25.4 Å². The summed E-state index contributed by atoms with van der Waals surface area (Å²) in [6.07, 6.45) is 4.41. The van der Waals surface area contributed by atoms with Gasteiger partial charge in [-0.1, -0.05) is 27.5 Å². The van der Waals surface area contributed by atoms with Gasteiger partial charge >= 0.3 is 7.82 Å². The van der Waals surface area contributed by atoms with Crippen LogP contribution in [0.3, 0.4) is 0 Å². The molecule has 2 aliphatic rings. The Labute approximate surface area is 105 Å². The molecule has 0 aromatic heterocycles. The number of phosphoric acid groups is 1. The molecule has 0 saturated heterocycles. The highest BCUT2D eigenvalue weighted by Crippen LogP contribution is 2.44. The first-order valence-electron chi connectivity index (χ1n) is 4.02. The molecule has 1 radical (unpaired) electrons. The molecule has 85 valence electrons. The van der Waals surface area contributed by atoms with Crippen molar-refractivity contribution in [2.24, 2.45) is 4.99 Å². The van der Waals surface area contributed by atoms with Crippen LogP contribution in [-0.4, -0.2) is 15.5 Å². The fraction of sp³-hybridized carbons (Fsp3) is 0. The van der Waals surface area contributed by atoms with Gasteiger partial charge in [0.2, 0.25) is 0 Å². The Balaban J connectivity index is 2.26. The predicted octanol–water partition coefficient (Wildman–Crippen LogP) is 2.38. The molecule has 5 nitrogen and oxygen atoms in total.